The fourth-order valence-electron chi connectivity index (χ4n) is 3.27. The van der Waals surface area contributed by atoms with E-state index in [1.807, 2.05) is 0 Å². The lowest BCUT2D eigenvalue weighted by Crippen LogP contribution is -2.35. The van der Waals surface area contributed by atoms with Gasteiger partial charge >= 0.3 is 0 Å². The van der Waals surface area contributed by atoms with E-state index in [1.165, 1.54) is 5.56 Å². The second-order valence-electron chi connectivity index (χ2n) is 5.82. The van der Waals surface area contributed by atoms with E-state index in [4.69, 9.17) is 0 Å². The van der Waals surface area contributed by atoms with Gasteiger partial charge in [-0.25, -0.2) is 0 Å². The number of halogens is 1. The minimum atomic E-state index is 0. The Balaban J connectivity index is 0.00000147. The molecular formula is C16H23ClN2O. The lowest BCUT2D eigenvalue weighted by Gasteiger charge is -2.20. The number of nitrogens with zero attached hydrogens (tertiary/aromatic N) is 1. The monoisotopic (exact) mass is 294 g/mol. The molecule has 110 valence electrons. The second-order valence-corrected chi connectivity index (χ2v) is 5.82. The molecule has 0 aromatic heterocycles. The van der Waals surface area contributed by atoms with E-state index in [2.05, 4.69) is 40.5 Å². The van der Waals surface area contributed by atoms with Crippen molar-refractivity contribution in [1.82, 2.24) is 10.2 Å². The third-order valence-corrected chi connectivity index (χ3v) is 4.37. The molecule has 2 aliphatic heterocycles. The number of carbonyl (C=O) groups excluding carboxylic acids is 1. The molecule has 0 saturated carbocycles. The van der Waals surface area contributed by atoms with Gasteiger partial charge in [0.1, 0.15) is 0 Å². The number of nitrogens with one attached hydrogen (secondary N) is 1. The van der Waals surface area contributed by atoms with Crippen LogP contribution in [0.3, 0.4) is 0 Å². The molecule has 0 bridgehead atoms. The molecule has 1 amide bonds. The normalized spacial score (nSPS) is 25.5. The van der Waals surface area contributed by atoms with Gasteiger partial charge in [0.25, 0.3) is 0 Å². The fourth-order valence-corrected chi connectivity index (χ4v) is 3.27. The summed E-state index contributed by atoms with van der Waals surface area (Å²) in [4.78, 5) is 14.4. The summed E-state index contributed by atoms with van der Waals surface area (Å²) < 4.78 is 0. The Labute approximate surface area is 127 Å². The summed E-state index contributed by atoms with van der Waals surface area (Å²) in [7, 11) is 0. The predicted molar refractivity (Wildman–Crippen MR) is 83.1 cm³/mol. The van der Waals surface area contributed by atoms with Crippen LogP contribution in [0.4, 0.5) is 0 Å². The molecule has 1 aromatic rings. The Morgan fingerprint density at radius 1 is 1.25 bits per heavy atom. The minimum Gasteiger partial charge on any atom is -0.342 e. The summed E-state index contributed by atoms with van der Waals surface area (Å²) in [5, 5.41) is 3.28. The summed E-state index contributed by atoms with van der Waals surface area (Å²) in [6, 6.07) is 10.6. The van der Waals surface area contributed by atoms with E-state index in [-0.39, 0.29) is 18.3 Å². The quantitative estimate of drug-likeness (QED) is 0.926. The SMILES string of the molecule is Cl.O=C(C1CCNC1)N1CCC(Cc2ccccc2)C1. The van der Waals surface area contributed by atoms with Crippen LogP contribution in [0.2, 0.25) is 0 Å². The highest BCUT2D eigenvalue weighted by molar-refractivity contribution is 5.85. The van der Waals surface area contributed by atoms with E-state index < -0.39 is 0 Å². The lowest BCUT2D eigenvalue weighted by atomic mass is 9.99. The average Bonchev–Trinajstić information content (AvgIpc) is 3.10. The average molecular weight is 295 g/mol. The maximum absolute atomic E-state index is 12.3. The molecule has 4 heteroatoms. The van der Waals surface area contributed by atoms with Crippen LogP contribution in [-0.2, 0) is 11.2 Å². The molecule has 3 rings (SSSR count). The van der Waals surface area contributed by atoms with E-state index in [0.717, 1.165) is 45.4 Å². The molecule has 2 fully saturated rings. The van der Waals surface area contributed by atoms with Crippen LogP contribution < -0.4 is 5.32 Å². The summed E-state index contributed by atoms with van der Waals surface area (Å²) in [6.07, 6.45) is 3.27. The molecule has 2 atom stereocenters. The van der Waals surface area contributed by atoms with Crippen molar-refractivity contribution < 1.29 is 4.79 Å². The number of hydrogen-bond acceptors (Lipinski definition) is 2. The van der Waals surface area contributed by atoms with Gasteiger partial charge < -0.3 is 10.2 Å². The highest BCUT2D eigenvalue weighted by atomic mass is 35.5. The standard InChI is InChI=1S/C16H22N2O.ClH/c19-16(15-6-8-17-11-15)18-9-7-14(12-18)10-13-4-2-1-3-5-13;/h1-5,14-15,17H,6-12H2;1H. The molecule has 20 heavy (non-hydrogen) atoms. The van der Waals surface area contributed by atoms with Gasteiger partial charge in [-0.1, -0.05) is 30.3 Å². The molecule has 1 N–H and O–H groups in total. The molecule has 2 aliphatic rings. The Kier molecular flexibility index (Phi) is 5.44. The van der Waals surface area contributed by atoms with Crippen molar-refractivity contribution in [3.05, 3.63) is 35.9 Å². The Morgan fingerprint density at radius 3 is 2.75 bits per heavy atom. The summed E-state index contributed by atoms with van der Waals surface area (Å²) in [5.74, 6) is 1.25. The Morgan fingerprint density at radius 2 is 2.05 bits per heavy atom. The first-order valence-corrected chi connectivity index (χ1v) is 7.36. The maximum Gasteiger partial charge on any atom is 0.227 e. The van der Waals surface area contributed by atoms with Gasteiger partial charge in [0.05, 0.1) is 5.92 Å². The van der Waals surface area contributed by atoms with Gasteiger partial charge in [0.2, 0.25) is 5.91 Å². The number of carbonyl (C=O) groups is 1. The first-order valence-electron chi connectivity index (χ1n) is 7.36. The predicted octanol–water partition coefficient (Wildman–Crippen LogP) is 2.11. The molecule has 1 aromatic carbocycles. The zero-order valence-corrected chi connectivity index (χ0v) is 12.6. The fraction of sp³-hybridized carbons (Fsp3) is 0.562. The number of likely N-dealkylation sites (tertiary alicyclic amines) is 1. The van der Waals surface area contributed by atoms with E-state index >= 15 is 0 Å². The molecule has 2 unspecified atom stereocenters. The van der Waals surface area contributed by atoms with Crippen molar-refractivity contribution in [1.29, 1.82) is 0 Å². The van der Waals surface area contributed by atoms with Crippen molar-refractivity contribution in [2.75, 3.05) is 26.2 Å². The van der Waals surface area contributed by atoms with Crippen LogP contribution in [0.25, 0.3) is 0 Å². The first kappa shape index (κ1) is 15.3. The number of hydrogen-bond donors (Lipinski definition) is 1. The van der Waals surface area contributed by atoms with Crippen LogP contribution in [0.1, 0.15) is 18.4 Å². The summed E-state index contributed by atoms with van der Waals surface area (Å²) in [6.45, 7) is 3.77. The summed E-state index contributed by atoms with van der Waals surface area (Å²) >= 11 is 0. The third-order valence-electron chi connectivity index (χ3n) is 4.37. The minimum absolute atomic E-state index is 0. The first-order chi connectivity index (χ1) is 9.33. The van der Waals surface area contributed by atoms with Crippen LogP contribution >= 0.6 is 12.4 Å². The van der Waals surface area contributed by atoms with Gasteiger partial charge in [-0.05, 0) is 37.3 Å². The van der Waals surface area contributed by atoms with Crippen LogP contribution in [-0.4, -0.2) is 37.0 Å². The molecule has 0 spiro atoms. The maximum atomic E-state index is 12.3. The zero-order chi connectivity index (χ0) is 13.1. The largest absolute Gasteiger partial charge is 0.342 e. The van der Waals surface area contributed by atoms with Crippen molar-refractivity contribution in [2.45, 2.75) is 19.3 Å². The van der Waals surface area contributed by atoms with Crippen molar-refractivity contribution >= 4 is 18.3 Å². The van der Waals surface area contributed by atoms with Gasteiger partial charge in [-0.15, -0.1) is 12.4 Å². The van der Waals surface area contributed by atoms with Gasteiger partial charge in [-0.3, -0.25) is 4.79 Å². The smallest absolute Gasteiger partial charge is 0.227 e. The Bertz CT molecular complexity index is 431. The molecule has 3 nitrogen and oxygen atoms in total. The number of rotatable bonds is 3. The van der Waals surface area contributed by atoms with E-state index in [0.29, 0.717) is 11.8 Å². The number of benzene rings is 1. The molecule has 0 aliphatic carbocycles. The highest BCUT2D eigenvalue weighted by Crippen LogP contribution is 2.23. The van der Waals surface area contributed by atoms with Crippen LogP contribution in [0.5, 0.6) is 0 Å². The molecular weight excluding hydrogens is 272 g/mol. The van der Waals surface area contributed by atoms with Crippen molar-refractivity contribution in [2.24, 2.45) is 11.8 Å². The molecule has 2 saturated heterocycles. The van der Waals surface area contributed by atoms with Gasteiger partial charge in [0, 0.05) is 19.6 Å². The van der Waals surface area contributed by atoms with Gasteiger partial charge in [0.15, 0.2) is 0 Å². The Hall–Kier alpha value is -1.06. The van der Waals surface area contributed by atoms with Crippen LogP contribution in [0, 0.1) is 11.8 Å². The zero-order valence-electron chi connectivity index (χ0n) is 11.8. The third kappa shape index (κ3) is 3.53. The molecule has 2 heterocycles. The van der Waals surface area contributed by atoms with E-state index in [1.54, 1.807) is 0 Å². The van der Waals surface area contributed by atoms with E-state index in [9.17, 15) is 4.79 Å². The van der Waals surface area contributed by atoms with Crippen LogP contribution in [0.15, 0.2) is 30.3 Å². The second kappa shape index (κ2) is 7.09. The summed E-state index contributed by atoms with van der Waals surface area (Å²) in [5.41, 5.74) is 1.39. The van der Waals surface area contributed by atoms with Gasteiger partial charge in [-0.2, -0.15) is 0 Å². The highest BCUT2D eigenvalue weighted by Gasteiger charge is 2.32. The lowest BCUT2D eigenvalue weighted by molar-refractivity contribution is -0.133. The topological polar surface area (TPSA) is 32.3 Å². The number of amides is 1. The van der Waals surface area contributed by atoms with Crippen molar-refractivity contribution in [3.63, 3.8) is 0 Å². The molecule has 0 radical (unpaired) electrons. The van der Waals surface area contributed by atoms with Crippen molar-refractivity contribution in [3.8, 4) is 0 Å².